The molecule has 0 saturated carbocycles. The first kappa shape index (κ1) is 14.7. The van der Waals surface area contributed by atoms with Crippen LogP contribution in [0.3, 0.4) is 0 Å². The lowest BCUT2D eigenvalue weighted by atomic mass is 10.1. The highest BCUT2D eigenvalue weighted by Gasteiger charge is 2.17. The molecule has 2 saturated heterocycles. The molecule has 2 fully saturated rings. The molecular weight excluding hydrogens is 284 g/mol. The average molecular weight is 307 g/mol. The van der Waals surface area contributed by atoms with Gasteiger partial charge in [0.15, 0.2) is 0 Å². The lowest BCUT2D eigenvalue weighted by molar-refractivity contribution is 0.203. The molecule has 0 aromatic rings. The van der Waals surface area contributed by atoms with Gasteiger partial charge in [-0.2, -0.15) is 11.8 Å². The number of carbonyl (C=O) groups excluding carboxylic acids is 1. The lowest BCUT2D eigenvalue weighted by Crippen LogP contribution is -2.44. The van der Waals surface area contributed by atoms with Crippen LogP contribution in [0, 0.1) is 0 Å². The summed E-state index contributed by atoms with van der Waals surface area (Å²) in [6.07, 6.45) is 5.05. The topological polar surface area (TPSA) is 32.3 Å². The number of hydrogen-bond acceptors (Lipinski definition) is 4. The number of nitrogens with zero attached hydrogens (tertiary/aromatic N) is 1. The van der Waals surface area contributed by atoms with Crippen molar-refractivity contribution < 1.29 is 4.79 Å². The number of carbonyl (C=O) groups is 1. The van der Waals surface area contributed by atoms with E-state index in [1.807, 2.05) is 38.2 Å². The largest absolute Gasteiger partial charge is 0.338 e. The molecule has 1 unspecified atom stereocenters. The second kappa shape index (κ2) is 8.48. The number of nitrogens with one attached hydrogen (secondary N) is 1. The van der Waals surface area contributed by atoms with E-state index in [9.17, 15) is 4.79 Å². The van der Waals surface area contributed by atoms with Gasteiger partial charge in [-0.3, -0.25) is 0 Å². The fourth-order valence-corrected chi connectivity index (χ4v) is 6.07. The normalized spacial score (nSPS) is 24.2. The number of thioether (sulfide) groups is 1. The minimum absolute atomic E-state index is 0.140. The molecule has 2 aliphatic heterocycles. The molecule has 18 heavy (non-hydrogen) atoms. The molecule has 0 radical (unpaired) electrons. The van der Waals surface area contributed by atoms with Crippen LogP contribution in [0.15, 0.2) is 0 Å². The number of hydrogen-bond donors (Lipinski definition) is 1. The molecule has 2 rings (SSSR count). The Morgan fingerprint density at radius 2 is 2.06 bits per heavy atom. The smallest absolute Gasteiger partial charge is 0.317 e. The average Bonchev–Trinajstić information content (AvgIpc) is 2.92. The first-order valence-corrected chi connectivity index (χ1v) is 10.3. The Balaban J connectivity index is 1.48. The molecule has 104 valence electrons. The molecule has 1 N–H and O–H groups in total. The fraction of sp³-hybridized carbons (Fsp3) is 0.917. The van der Waals surface area contributed by atoms with Crippen LogP contribution < -0.4 is 5.32 Å². The highest BCUT2D eigenvalue weighted by atomic mass is 33.1. The van der Waals surface area contributed by atoms with Crippen molar-refractivity contribution in [3.63, 3.8) is 0 Å². The van der Waals surface area contributed by atoms with E-state index in [2.05, 4.69) is 5.32 Å². The summed E-state index contributed by atoms with van der Waals surface area (Å²) in [7, 11) is 4.06. The second-order valence-electron chi connectivity index (χ2n) is 4.66. The van der Waals surface area contributed by atoms with Gasteiger partial charge in [-0.15, -0.1) is 0 Å². The van der Waals surface area contributed by atoms with E-state index in [0.717, 1.165) is 42.8 Å². The van der Waals surface area contributed by atoms with Gasteiger partial charge >= 0.3 is 6.03 Å². The van der Waals surface area contributed by atoms with Gasteiger partial charge in [0.05, 0.1) is 0 Å². The molecule has 2 heterocycles. The molecule has 1 atom stereocenters. The Bertz CT molecular complexity index is 254. The van der Waals surface area contributed by atoms with Crippen LogP contribution in [0.2, 0.25) is 0 Å². The SMILES string of the molecule is O=C(NCCCCC1CCSS1)N1CCSCC1. The molecular formula is C12H22N2OS3. The van der Waals surface area contributed by atoms with Crippen LogP contribution in [-0.2, 0) is 0 Å². The molecule has 6 heteroatoms. The summed E-state index contributed by atoms with van der Waals surface area (Å²) < 4.78 is 0. The summed E-state index contributed by atoms with van der Waals surface area (Å²) in [6.45, 7) is 2.66. The highest BCUT2D eigenvalue weighted by molar-refractivity contribution is 8.77. The Morgan fingerprint density at radius 1 is 1.22 bits per heavy atom. The van der Waals surface area contributed by atoms with Gasteiger partial charge in [-0.25, -0.2) is 4.79 Å². The van der Waals surface area contributed by atoms with E-state index in [-0.39, 0.29) is 6.03 Å². The zero-order chi connectivity index (χ0) is 12.6. The van der Waals surface area contributed by atoms with Crippen LogP contribution >= 0.6 is 33.3 Å². The van der Waals surface area contributed by atoms with Crippen LogP contribution in [0.1, 0.15) is 25.7 Å². The number of unbranched alkanes of at least 4 members (excludes halogenated alkanes) is 1. The Labute approximate surface area is 122 Å². The maximum absolute atomic E-state index is 11.8. The van der Waals surface area contributed by atoms with Crippen LogP contribution in [0.5, 0.6) is 0 Å². The van der Waals surface area contributed by atoms with E-state index < -0.39 is 0 Å². The van der Waals surface area contributed by atoms with Gasteiger partial charge in [0.1, 0.15) is 0 Å². The maximum Gasteiger partial charge on any atom is 0.317 e. The van der Waals surface area contributed by atoms with Gasteiger partial charge in [0.25, 0.3) is 0 Å². The van der Waals surface area contributed by atoms with Gasteiger partial charge < -0.3 is 10.2 Å². The molecule has 3 nitrogen and oxygen atoms in total. The van der Waals surface area contributed by atoms with E-state index >= 15 is 0 Å². The van der Waals surface area contributed by atoms with Crippen molar-refractivity contribution in [3.05, 3.63) is 0 Å². The highest BCUT2D eigenvalue weighted by Crippen LogP contribution is 2.39. The third kappa shape index (κ3) is 5.13. The summed E-state index contributed by atoms with van der Waals surface area (Å²) in [4.78, 5) is 13.8. The Morgan fingerprint density at radius 3 is 2.78 bits per heavy atom. The van der Waals surface area contributed by atoms with Crippen LogP contribution in [0.25, 0.3) is 0 Å². The molecule has 0 aromatic heterocycles. The van der Waals surface area contributed by atoms with Crippen molar-refractivity contribution in [1.82, 2.24) is 10.2 Å². The summed E-state index contributed by atoms with van der Waals surface area (Å²) in [5, 5.41) is 3.91. The molecule has 0 aromatic carbocycles. The lowest BCUT2D eigenvalue weighted by Gasteiger charge is -2.26. The molecule has 0 aliphatic carbocycles. The van der Waals surface area contributed by atoms with E-state index in [0.29, 0.717) is 0 Å². The van der Waals surface area contributed by atoms with E-state index in [1.165, 1.54) is 25.0 Å². The third-order valence-corrected chi connectivity index (χ3v) is 7.20. The molecule has 0 bridgehead atoms. The second-order valence-corrected chi connectivity index (χ2v) is 8.67. The van der Waals surface area contributed by atoms with Crippen LogP contribution in [0.4, 0.5) is 4.79 Å². The molecule has 0 spiro atoms. The Hall–Kier alpha value is 0.320. The van der Waals surface area contributed by atoms with Crippen molar-refractivity contribution in [3.8, 4) is 0 Å². The maximum atomic E-state index is 11.8. The monoisotopic (exact) mass is 306 g/mol. The van der Waals surface area contributed by atoms with E-state index in [1.54, 1.807) is 0 Å². The summed E-state index contributed by atoms with van der Waals surface area (Å²) in [6, 6.07) is 0.140. The van der Waals surface area contributed by atoms with Crippen molar-refractivity contribution in [1.29, 1.82) is 0 Å². The number of amides is 2. The summed E-state index contributed by atoms with van der Waals surface area (Å²) >= 11 is 1.94. The minimum Gasteiger partial charge on any atom is -0.338 e. The van der Waals surface area contributed by atoms with Gasteiger partial charge in [0, 0.05) is 42.1 Å². The van der Waals surface area contributed by atoms with Crippen molar-refractivity contribution in [2.75, 3.05) is 36.9 Å². The fourth-order valence-electron chi connectivity index (χ4n) is 2.14. The van der Waals surface area contributed by atoms with Crippen molar-refractivity contribution in [2.45, 2.75) is 30.9 Å². The quantitative estimate of drug-likeness (QED) is 0.625. The Kier molecular flexibility index (Phi) is 6.94. The number of rotatable bonds is 5. The van der Waals surface area contributed by atoms with E-state index in [4.69, 9.17) is 0 Å². The zero-order valence-corrected chi connectivity index (χ0v) is 13.2. The standard InChI is InChI=1S/C12H22N2OS3/c15-12(14-6-9-16-10-7-14)13-5-2-1-3-11-4-8-17-18-11/h11H,1-10H2,(H,13,15). The minimum atomic E-state index is 0.140. The number of urea groups is 1. The predicted molar refractivity (Wildman–Crippen MR) is 84.6 cm³/mol. The first-order chi connectivity index (χ1) is 8.86. The molecule has 2 aliphatic rings. The van der Waals surface area contributed by atoms with Crippen molar-refractivity contribution >= 4 is 39.4 Å². The van der Waals surface area contributed by atoms with Gasteiger partial charge in [-0.1, -0.05) is 28.0 Å². The van der Waals surface area contributed by atoms with Crippen LogP contribution in [-0.4, -0.2) is 53.1 Å². The molecule has 2 amide bonds. The van der Waals surface area contributed by atoms with Gasteiger partial charge in [0.2, 0.25) is 0 Å². The first-order valence-electron chi connectivity index (χ1n) is 6.75. The third-order valence-electron chi connectivity index (χ3n) is 3.25. The summed E-state index contributed by atoms with van der Waals surface area (Å²) in [5.41, 5.74) is 0. The van der Waals surface area contributed by atoms with Crippen molar-refractivity contribution in [2.24, 2.45) is 0 Å². The predicted octanol–water partition coefficient (Wildman–Crippen LogP) is 3.07. The zero-order valence-electron chi connectivity index (χ0n) is 10.7. The summed E-state index contributed by atoms with van der Waals surface area (Å²) in [5.74, 6) is 3.49. The van der Waals surface area contributed by atoms with Gasteiger partial charge in [-0.05, 0) is 19.3 Å².